The molecule has 0 spiro atoms. The van der Waals surface area contributed by atoms with E-state index in [2.05, 4.69) is 28.2 Å². The monoisotopic (exact) mass is 544 g/mol. The number of anilines is 1. The first-order valence-corrected chi connectivity index (χ1v) is 12.1. The summed E-state index contributed by atoms with van der Waals surface area (Å²) in [6, 6.07) is 16.4. The fourth-order valence-corrected chi connectivity index (χ4v) is 3.83. The number of aryl methyl sites for hydroxylation is 1. The van der Waals surface area contributed by atoms with Crippen LogP contribution in [-0.4, -0.2) is 38.3 Å². The average Bonchev–Trinajstić information content (AvgIpc) is 2.85. The minimum absolute atomic E-state index is 0.0153. The number of nitrogens with zero attached hydrogens (tertiary/aromatic N) is 2. The Labute approximate surface area is 212 Å². The number of benzene rings is 2. The summed E-state index contributed by atoms with van der Waals surface area (Å²) in [5, 5.41) is 2.87. The minimum atomic E-state index is -0.559. The lowest BCUT2D eigenvalue weighted by molar-refractivity contribution is -0.697. The highest BCUT2D eigenvalue weighted by Gasteiger charge is 2.18. The van der Waals surface area contributed by atoms with Crippen LogP contribution in [0.2, 0.25) is 0 Å². The largest absolute Gasteiger partial charge is 0.490 e. The molecule has 3 aromatic rings. The summed E-state index contributed by atoms with van der Waals surface area (Å²) < 4.78 is 26.6. The van der Waals surface area contributed by atoms with E-state index in [1.54, 1.807) is 24.4 Å². The van der Waals surface area contributed by atoms with E-state index < -0.39 is 6.09 Å². The van der Waals surface area contributed by atoms with Crippen molar-refractivity contribution < 1.29 is 28.0 Å². The Morgan fingerprint density at radius 2 is 1.80 bits per heavy atom. The standard InChI is InChI=1S/C26H27BrFN3O4/c1-2-13-30-18-20(17-21(27)19-30)25(32)29-12-14-31(23-6-4-3-5-7-23)26(33)35-16-15-34-24-10-8-22(28)9-11-24/h3-11,17-19H,2,12-16H2,1H3/p+1. The van der Waals surface area contributed by atoms with Gasteiger partial charge in [-0.1, -0.05) is 25.1 Å². The Bertz CT molecular complexity index is 1110. The summed E-state index contributed by atoms with van der Waals surface area (Å²) >= 11 is 3.44. The van der Waals surface area contributed by atoms with Crippen LogP contribution in [0.3, 0.4) is 0 Å². The van der Waals surface area contributed by atoms with Gasteiger partial charge in [0.2, 0.25) is 0 Å². The van der Waals surface area contributed by atoms with Crippen molar-refractivity contribution in [2.75, 3.05) is 31.2 Å². The highest BCUT2D eigenvalue weighted by atomic mass is 79.9. The number of hydrogen-bond acceptors (Lipinski definition) is 4. The summed E-state index contributed by atoms with van der Waals surface area (Å²) in [6.45, 7) is 3.46. The lowest BCUT2D eigenvalue weighted by Crippen LogP contribution is -2.40. The van der Waals surface area contributed by atoms with Gasteiger partial charge >= 0.3 is 6.09 Å². The Morgan fingerprint density at radius 1 is 1.06 bits per heavy atom. The number of para-hydroxylation sites is 1. The third kappa shape index (κ3) is 8.36. The smallest absolute Gasteiger partial charge is 0.414 e. The third-order valence-corrected chi connectivity index (χ3v) is 5.37. The highest BCUT2D eigenvalue weighted by Crippen LogP contribution is 2.15. The molecule has 0 bridgehead atoms. The van der Waals surface area contributed by atoms with Crippen molar-refractivity contribution in [3.8, 4) is 5.75 Å². The Hall–Kier alpha value is -3.46. The first-order valence-electron chi connectivity index (χ1n) is 11.3. The molecule has 35 heavy (non-hydrogen) atoms. The summed E-state index contributed by atoms with van der Waals surface area (Å²) in [5.41, 5.74) is 1.18. The Kier molecular flexibility index (Phi) is 10.0. The normalized spacial score (nSPS) is 10.5. The van der Waals surface area contributed by atoms with Crippen LogP contribution in [-0.2, 0) is 11.3 Å². The highest BCUT2D eigenvalue weighted by molar-refractivity contribution is 9.10. The first-order chi connectivity index (χ1) is 17.0. The van der Waals surface area contributed by atoms with Crippen LogP contribution in [0.15, 0.2) is 77.5 Å². The van der Waals surface area contributed by atoms with E-state index >= 15 is 0 Å². The molecule has 2 aromatic carbocycles. The molecule has 7 nitrogen and oxygen atoms in total. The molecule has 0 fully saturated rings. The van der Waals surface area contributed by atoms with Crippen molar-refractivity contribution in [3.63, 3.8) is 0 Å². The maximum atomic E-state index is 13.0. The zero-order valence-electron chi connectivity index (χ0n) is 19.5. The molecule has 0 aliphatic heterocycles. The predicted octanol–water partition coefficient (Wildman–Crippen LogP) is 4.74. The number of pyridine rings is 1. The molecule has 184 valence electrons. The maximum Gasteiger partial charge on any atom is 0.414 e. The van der Waals surface area contributed by atoms with E-state index in [4.69, 9.17) is 9.47 Å². The van der Waals surface area contributed by atoms with Gasteiger partial charge in [0.25, 0.3) is 5.91 Å². The quantitative estimate of drug-likeness (QED) is 0.279. The molecule has 1 heterocycles. The first kappa shape index (κ1) is 26.2. The van der Waals surface area contributed by atoms with Gasteiger partial charge in [-0.05, 0) is 58.4 Å². The van der Waals surface area contributed by atoms with Crippen LogP contribution in [0.25, 0.3) is 0 Å². The van der Waals surface area contributed by atoms with Gasteiger partial charge in [0.05, 0.1) is 4.47 Å². The zero-order chi connectivity index (χ0) is 25.0. The van der Waals surface area contributed by atoms with Gasteiger partial charge in [0.1, 0.15) is 36.9 Å². The number of nitrogens with one attached hydrogen (secondary N) is 1. The number of carbonyl (C=O) groups is 2. The van der Waals surface area contributed by atoms with Gasteiger partial charge in [-0.25, -0.2) is 13.8 Å². The fourth-order valence-electron chi connectivity index (χ4n) is 3.32. The van der Waals surface area contributed by atoms with Crippen molar-refractivity contribution in [2.24, 2.45) is 0 Å². The van der Waals surface area contributed by atoms with E-state index in [0.29, 0.717) is 17.0 Å². The van der Waals surface area contributed by atoms with Crippen molar-refractivity contribution in [1.29, 1.82) is 0 Å². The van der Waals surface area contributed by atoms with Gasteiger partial charge in [0, 0.05) is 25.2 Å². The molecule has 1 aromatic heterocycles. The Morgan fingerprint density at radius 3 is 2.51 bits per heavy atom. The number of amides is 2. The van der Waals surface area contributed by atoms with E-state index in [1.807, 2.05) is 29.0 Å². The molecule has 2 amide bonds. The van der Waals surface area contributed by atoms with Crippen molar-refractivity contribution >= 4 is 33.6 Å². The number of halogens is 2. The lowest BCUT2D eigenvalue weighted by atomic mass is 10.2. The van der Waals surface area contributed by atoms with Crippen molar-refractivity contribution in [3.05, 3.63) is 88.9 Å². The molecule has 0 radical (unpaired) electrons. The summed E-state index contributed by atoms with van der Waals surface area (Å²) in [4.78, 5) is 26.9. The topological polar surface area (TPSA) is 71.8 Å². The zero-order valence-corrected chi connectivity index (χ0v) is 21.0. The van der Waals surface area contributed by atoms with Crippen LogP contribution in [0.1, 0.15) is 23.7 Å². The maximum absolute atomic E-state index is 13.0. The van der Waals surface area contributed by atoms with E-state index in [1.165, 1.54) is 29.2 Å². The van der Waals surface area contributed by atoms with Gasteiger partial charge < -0.3 is 14.8 Å². The summed E-state index contributed by atoms with van der Waals surface area (Å²) in [5.74, 6) is -0.0995. The molecular weight excluding hydrogens is 517 g/mol. The molecule has 0 aliphatic carbocycles. The van der Waals surface area contributed by atoms with Crippen LogP contribution in [0.4, 0.5) is 14.9 Å². The number of ether oxygens (including phenoxy) is 2. The van der Waals surface area contributed by atoms with Crippen LogP contribution in [0.5, 0.6) is 5.75 Å². The van der Waals surface area contributed by atoms with Crippen LogP contribution in [0, 0.1) is 5.82 Å². The van der Waals surface area contributed by atoms with Crippen LogP contribution >= 0.6 is 15.9 Å². The van der Waals surface area contributed by atoms with Gasteiger partial charge in [-0.2, -0.15) is 0 Å². The van der Waals surface area contributed by atoms with Gasteiger partial charge in [-0.3, -0.25) is 9.69 Å². The molecule has 1 N–H and O–H groups in total. The minimum Gasteiger partial charge on any atom is -0.490 e. The summed E-state index contributed by atoms with van der Waals surface area (Å²) in [6.07, 6.45) is 4.11. The molecular formula is C26H28BrFN3O4+. The number of aromatic nitrogens is 1. The number of hydrogen-bond donors (Lipinski definition) is 1. The molecule has 0 saturated heterocycles. The lowest BCUT2D eigenvalue weighted by Gasteiger charge is -2.22. The predicted molar refractivity (Wildman–Crippen MR) is 134 cm³/mol. The molecule has 0 saturated carbocycles. The Balaban J connectivity index is 1.55. The fraction of sp³-hybridized carbons (Fsp3) is 0.269. The molecule has 0 unspecified atom stereocenters. The van der Waals surface area contributed by atoms with E-state index in [0.717, 1.165) is 17.4 Å². The third-order valence-electron chi connectivity index (χ3n) is 4.93. The second-order valence-electron chi connectivity index (χ2n) is 7.64. The molecule has 3 rings (SSSR count). The van der Waals surface area contributed by atoms with E-state index in [-0.39, 0.29) is 38.0 Å². The molecule has 0 aliphatic rings. The van der Waals surface area contributed by atoms with E-state index in [9.17, 15) is 14.0 Å². The second-order valence-corrected chi connectivity index (χ2v) is 8.56. The SMILES string of the molecule is CCC[n+]1cc(Br)cc(C(=O)NCCN(C(=O)OCCOc2ccc(F)cc2)c2ccccc2)c1. The van der Waals surface area contributed by atoms with Crippen molar-refractivity contribution in [1.82, 2.24) is 5.32 Å². The van der Waals surface area contributed by atoms with Crippen LogP contribution < -0.4 is 19.5 Å². The number of rotatable bonds is 11. The second kappa shape index (κ2) is 13.4. The van der Waals surface area contributed by atoms with Gasteiger partial charge in [0.15, 0.2) is 12.4 Å². The number of carbonyl (C=O) groups excluding carboxylic acids is 2. The van der Waals surface area contributed by atoms with Crippen molar-refractivity contribution in [2.45, 2.75) is 19.9 Å². The molecule has 0 atom stereocenters. The average molecular weight is 545 g/mol. The van der Waals surface area contributed by atoms with Gasteiger partial charge in [-0.15, -0.1) is 0 Å². The summed E-state index contributed by atoms with van der Waals surface area (Å²) in [7, 11) is 0. The molecule has 9 heteroatoms.